The average molecular weight is 280 g/mol. The summed E-state index contributed by atoms with van der Waals surface area (Å²) in [5, 5.41) is 3.19. The minimum Gasteiger partial charge on any atom is -0.372 e. The van der Waals surface area contributed by atoms with E-state index in [2.05, 4.69) is 33.5 Å². The van der Waals surface area contributed by atoms with Gasteiger partial charge in [-0.2, -0.15) is 0 Å². The van der Waals surface area contributed by atoms with Gasteiger partial charge in [-0.3, -0.25) is 0 Å². The van der Waals surface area contributed by atoms with Crippen LogP contribution in [0.3, 0.4) is 0 Å². The Morgan fingerprint density at radius 3 is 3.11 bits per heavy atom. The molecule has 0 saturated carbocycles. The maximum atomic E-state index is 5.83. The lowest BCUT2D eigenvalue weighted by molar-refractivity contribution is 0.0440. The zero-order chi connectivity index (χ0) is 12.4. The Labute approximate surface area is 119 Å². The Morgan fingerprint density at radius 2 is 2.37 bits per heavy atom. The van der Waals surface area contributed by atoms with Crippen LogP contribution in [0.15, 0.2) is 30.7 Å². The smallest absolute Gasteiger partial charge is 0.0952 e. The van der Waals surface area contributed by atoms with E-state index >= 15 is 0 Å². The molecule has 4 nitrogen and oxygen atoms in total. The van der Waals surface area contributed by atoms with Gasteiger partial charge in [0.2, 0.25) is 0 Å². The molecule has 2 heterocycles. The van der Waals surface area contributed by atoms with Crippen LogP contribution in [0.25, 0.3) is 11.3 Å². The lowest BCUT2D eigenvalue weighted by atomic mass is 9.91. The van der Waals surface area contributed by atoms with Crippen LogP contribution < -0.4 is 5.32 Å². The number of imidazole rings is 1. The van der Waals surface area contributed by atoms with Crippen LogP contribution in [0.2, 0.25) is 0 Å². The van der Waals surface area contributed by atoms with Crippen LogP contribution in [-0.4, -0.2) is 30.2 Å². The van der Waals surface area contributed by atoms with Crippen molar-refractivity contribution in [1.29, 1.82) is 0 Å². The van der Waals surface area contributed by atoms with Gasteiger partial charge in [0.15, 0.2) is 0 Å². The molecule has 2 aromatic rings. The standard InChI is InChI=1S/C14H17N3O.ClH/c1-15-8-14-12-4-2-3-11(10(12)5-6-18-14)13-7-16-9-17-13;/h2-4,7,9,14-15H,5-6,8H2,1H3,(H,16,17);1H/t14-;/m1./s1. The molecule has 3 rings (SSSR count). The first kappa shape index (κ1) is 14.1. The van der Waals surface area contributed by atoms with E-state index in [0.717, 1.165) is 25.3 Å². The molecule has 1 aliphatic heterocycles. The highest BCUT2D eigenvalue weighted by molar-refractivity contribution is 5.85. The number of likely N-dealkylation sites (N-methyl/N-ethyl adjacent to an activating group) is 1. The van der Waals surface area contributed by atoms with Gasteiger partial charge in [-0.15, -0.1) is 12.4 Å². The molecule has 1 atom stereocenters. The molecule has 2 N–H and O–H groups in total. The predicted octanol–water partition coefficient (Wildman–Crippen LogP) is 2.33. The number of ether oxygens (including phenoxy) is 1. The minimum absolute atomic E-state index is 0. The predicted molar refractivity (Wildman–Crippen MR) is 77.6 cm³/mol. The molecular weight excluding hydrogens is 262 g/mol. The lowest BCUT2D eigenvalue weighted by Gasteiger charge is -2.27. The van der Waals surface area contributed by atoms with Crippen LogP contribution in [0.1, 0.15) is 17.2 Å². The Kier molecular flexibility index (Phi) is 4.58. The molecule has 0 amide bonds. The summed E-state index contributed by atoms with van der Waals surface area (Å²) in [6.07, 6.45) is 4.77. The number of hydrogen-bond acceptors (Lipinski definition) is 3. The highest BCUT2D eigenvalue weighted by Gasteiger charge is 2.22. The van der Waals surface area contributed by atoms with Crippen LogP contribution in [0.5, 0.6) is 0 Å². The fourth-order valence-corrected chi connectivity index (χ4v) is 2.58. The monoisotopic (exact) mass is 279 g/mol. The highest BCUT2D eigenvalue weighted by Crippen LogP contribution is 2.33. The van der Waals surface area contributed by atoms with Gasteiger partial charge in [-0.1, -0.05) is 18.2 Å². The fourth-order valence-electron chi connectivity index (χ4n) is 2.58. The maximum absolute atomic E-state index is 5.83. The van der Waals surface area contributed by atoms with Gasteiger partial charge in [0.1, 0.15) is 0 Å². The number of aromatic amines is 1. The summed E-state index contributed by atoms with van der Waals surface area (Å²) in [4.78, 5) is 7.37. The topological polar surface area (TPSA) is 49.9 Å². The van der Waals surface area contributed by atoms with Gasteiger partial charge >= 0.3 is 0 Å². The van der Waals surface area contributed by atoms with E-state index in [-0.39, 0.29) is 18.5 Å². The van der Waals surface area contributed by atoms with Crippen LogP contribution in [0.4, 0.5) is 0 Å². The number of aromatic nitrogens is 2. The van der Waals surface area contributed by atoms with Gasteiger partial charge in [-0.25, -0.2) is 4.98 Å². The van der Waals surface area contributed by atoms with E-state index in [1.165, 1.54) is 16.7 Å². The zero-order valence-electron chi connectivity index (χ0n) is 10.8. The van der Waals surface area contributed by atoms with Crippen molar-refractivity contribution in [2.45, 2.75) is 12.5 Å². The van der Waals surface area contributed by atoms with E-state index in [4.69, 9.17) is 4.74 Å². The van der Waals surface area contributed by atoms with Crippen molar-refractivity contribution < 1.29 is 4.74 Å². The first-order chi connectivity index (χ1) is 8.90. The molecule has 0 bridgehead atoms. The molecule has 5 heteroatoms. The van der Waals surface area contributed by atoms with E-state index in [9.17, 15) is 0 Å². The molecule has 0 aliphatic carbocycles. The van der Waals surface area contributed by atoms with Crippen molar-refractivity contribution in [3.05, 3.63) is 41.9 Å². The molecule has 0 unspecified atom stereocenters. The van der Waals surface area contributed by atoms with Crippen LogP contribution in [-0.2, 0) is 11.2 Å². The van der Waals surface area contributed by atoms with E-state index in [1.807, 2.05) is 13.2 Å². The number of nitrogens with one attached hydrogen (secondary N) is 2. The molecule has 102 valence electrons. The third-order valence-electron chi connectivity index (χ3n) is 3.39. The SMILES string of the molecule is CNC[C@H]1OCCc2c(-c3c[nH]cn3)cccc21.Cl. The van der Waals surface area contributed by atoms with E-state index in [0.29, 0.717) is 0 Å². The Bertz CT molecular complexity index is 527. The Balaban J connectivity index is 0.00000133. The number of benzene rings is 1. The minimum atomic E-state index is 0. The summed E-state index contributed by atoms with van der Waals surface area (Å²) in [5.41, 5.74) is 4.89. The summed E-state index contributed by atoms with van der Waals surface area (Å²) in [7, 11) is 1.95. The first-order valence-electron chi connectivity index (χ1n) is 6.27. The molecule has 1 aromatic carbocycles. The summed E-state index contributed by atoms with van der Waals surface area (Å²) < 4.78 is 5.83. The number of H-pyrrole nitrogens is 1. The second-order valence-corrected chi connectivity index (χ2v) is 4.49. The van der Waals surface area contributed by atoms with Crippen molar-refractivity contribution in [3.8, 4) is 11.3 Å². The third-order valence-corrected chi connectivity index (χ3v) is 3.39. The number of halogens is 1. The molecule has 1 aliphatic rings. The van der Waals surface area contributed by atoms with Crippen molar-refractivity contribution in [2.24, 2.45) is 0 Å². The lowest BCUT2D eigenvalue weighted by Crippen LogP contribution is -2.25. The Hall–Kier alpha value is -1.36. The molecule has 0 fully saturated rings. The number of rotatable bonds is 3. The van der Waals surface area contributed by atoms with Gasteiger partial charge in [0.05, 0.1) is 24.7 Å². The molecule has 1 aromatic heterocycles. The third kappa shape index (κ3) is 2.66. The van der Waals surface area contributed by atoms with Gasteiger partial charge in [-0.05, 0) is 24.6 Å². The van der Waals surface area contributed by atoms with Crippen molar-refractivity contribution in [3.63, 3.8) is 0 Å². The molecule has 0 saturated heterocycles. The van der Waals surface area contributed by atoms with Gasteiger partial charge in [0.25, 0.3) is 0 Å². The van der Waals surface area contributed by atoms with E-state index < -0.39 is 0 Å². The average Bonchev–Trinajstić information content (AvgIpc) is 2.93. The number of nitrogens with zero attached hydrogens (tertiary/aromatic N) is 1. The van der Waals surface area contributed by atoms with Crippen molar-refractivity contribution in [2.75, 3.05) is 20.2 Å². The maximum Gasteiger partial charge on any atom is 0.0952 e. The highest BCUT2D eigenvalue weighted by atomic mass is 35.5. The summed E-state index contributed by atoms with van der Waals surface area (Å²) in [6, 6.07) is 6.38. The summed E-state index contributed by atoms with van der Waals surface area (Å²) in [6.45, 7) is 1.62. The van der Waals surface area contributed by atoms with Gasteiger partial charge < -0.3 is 15.0 Å². The normalized spacial score (nSPS) is 17.6. The quantitative estimate of drug-likeness (QED) is 0.907. The number of hydrogen-bond donors (Lipinski definition) is 2. The van der Waals surface area contributed by atoms with Crippen molar-refractivity contribution in [1.82, 2.24) is 15.3 Å². The van der Waals surface area contributed by atoms with Crippen molar-refractivity contribution >= 4 is 12.4 Å². The largest absolute Gasteiger partial charge is 0.372 e. The first-order valence-corrected chi connectivity index (χ1v) is 6.27. The summed E-state index contributed by atoms with van der Waals surface area (Å²) >= 11 is 0. The Morgan fingerprint density at radius 1 is 1.47 bits per heavy atom. The molecular formula is C14H18ClN3O. The molecule has 0 radical (unpaired) electrons. The fraction of sp³-hybridized carbons (Fsp3) is 0.357. The molecule has 0 spiro atoms. The van der Waals surface area contributed by atoms with Crippen LogP contribution >= 0.6 is 12.4 Å². The summed E-state index contributed by atoms with van der Waals surface area (Å²) in [5.74, 6) is 0. The van der Waals surface area contributed by atoms with Gasteiger partial charge in [0, 0.05) is 18.3 Å². The van der Waals surface area contributed by atoms with Crippen LogP contribution in [0, 0.1) is 0 Å². The molecule has 19 heavy (non-hydrogen) atoms. The second-order valence-electron chi connectivity index (χ2n) is 4.49. The van der Waals surface area contributed by atoms with E-state index in [1.54, 1.807) is 6.33 Å². The second kappa shape index (κ2) is 6.19. The number of fused-ring (bicyclic) bond motifs is 1. The zero-order valence-corrected chi connectivity index (χ0v) is 11.7.